The number of likely N-dealkylation sites (tertiary alicyclic amines) is 1. The van der Waals surface area contributed by atoms with Crippen molar-refractivity contribution in [3.05, 3.63) is 11.6 Å². The third-order valence-corrected chi connectivity index (χ3v) is 5.83. The summed E-state index contributed by atoms with van der Waals surface area (Å²) in [6.45, 7) is 5.33. The van der Waals surface area contributed by atoms with Gasteiger partial charge in [-0.15, -0.1) is 0 Å². The van der Waals surface area contributed by atoms with Crippen LogP contribution >= 0.6 is 0 Å². The van der Waals surface area contributed by atoms with E-state index in [0.717, 1.165) is 57.0 Å². The monoisotopic (exact) mass is 347 g/mol. The number of nitrogens with zero attached hydrogens (tertiary/aromatic N) is 3. The van der Waals surface area contributed by atoms with Gasteiger partial charge in [0.2, 0.25) is 5.91 Å². The van der Waals surface area contributed by atoms with E-state index in [2.05, 4.69) is 20.4 Å². The molecule has 4 rings (SSSR count). The Morgan fingerprint density at radius 2 is 2.08 bits per heavy atom. The molecule has 3 fully saturated rings. The van der Waals surface area contributed by atoms with Gasteiger partial charge in [0, 0.05) is 25.0 Å². The molecule has 2 N–H and O–H groups in total. The molecule has 2 saturated heterocycles. The molecule has 7 heteroatoms. The quantitative estimate of drug-likeness (QED) is 0.816. The molecule has 138 valence electrons. The Labute approximate surface area is 148 Å². The van der Waals surface area contributed by atoms with Crippen molar-refractivity contribution in [2.45, 2.75) is 69.4 Å². The number of rotatable bonds is 6. The molecule has 2 aliphatic heterocycles. The highest BCUT2D eigenvalue weighted by Gasteiger charge is 2.31. The molecule has 1 aromatic rings. The van der Waals surface area contributed by atoms with Crippen molar-refractivity contribution in [3.63, 3.8) is 0 Å². The Bertz CT molecular complexity index is 586. The van der Waals surface area contributed by atoms with E-state index in [1.807, 2.05) is 6.92 Å². The first-order valence-electron chi connectivity index (χ1n) is 9.76. The molecule has 1 aromatic heterocycles. The normalized spacial score (nSPS) is 26.7. The van der Waals surface area contributed by atoms with Gasteiger partial charge in [-0.25, -0.2) is 4.98 Å². The van der Waals surface area contributed by atoms with Crippen molar-refractivity contribution >= 4 is 5.91 Å². The zero-order valence-electron chi connectivity index (χ0n) is 15.0. The number of aromatic nitrogens is 3. The maximum absolute atomic E-state index is 12.4. The molecule has 25 heavy (non-hydrogen) atoms. The molecule has 0 aromatic carbocycles. The van der Waals surface area contributed by atoms with Gasteiger partial charge in [-0.2, -0.15) is 5.10 Å². The van der Waals surface area contributed by atoms with Crippen LogP contribution in [0.25, 0.3) is 0 Å². The number of aromatic amines is 1. The second-order valence-corrected chi connectivity index (χ2v) is 7.72. The summed E-state index contributed by atoms with van der Waals surface area (Å²) in [7, 11) is 0. The highest BCUT2D eigenvalue weighted by atomic mass is 16.5. The molecule has 3 heterocycles. The van der Waals surface area contributed by atoms with E-state index in [4.69, 9.17) is 9.72 Å². The van der Waals surface area contributed by atoms with Crippen LogP contribution in [0.5, 0.6) is 0 Å². The minimum Gasteiger partial charge on any atom is -0.376 e. The van der Waals surface area contributed by atoms with Gasteiger partial charge in [0.15, 0.2) is 5.82 Å². The van der Waals surface area contributed by atoms with Crippen molar-refractivity contribution in [2.24, 2.45) is 0 Å². The van der Waals surface area contributed by atoms with Crippen LogP contribution in [0.1, 0.15) is 68.9 Å². The van der Waals surface area contributed by atoms with E-state index in [1.54, 1.807) is 0 Å². The summed E-state index contributed by atoms with van der Waals surface area (Å²) >= 11 is 0. The van der Waals surface area contributed by atoms with Crippen molar-refractivity contribution in [1.29, 1.82) is 0 Å². The van der Waals surface area contributed by atoms with Gasteiger partial charge in [0.25, 0.3) is 0 Å². The summed E-state index contributed by atoms with van der Waals surface area (Å²) < 4.78 is 5.57. The molecule has 1 saturated carbocycles. The first-order chi connectivity index (χ1) is 12.2. The van der Waals surface area contributed by atoms with Crippen LogP contribution in [0, 0.1) is 0 Å². The lowest BCUT2D eigenvalue weighted by Gasteiger charge is -2.34. The SMILES string of the molecule is C[C@H](C(=O)NC[C@H]1CCCO1)N1CCC(c2nc(C3CC3)n[nH]2)CC1. The number of hydrogen-bond donors (Lipinski definition) is 2. The zero-order chi connectivity index (χ0) is 17.2. The second-order valence-electron chi connectivity index (χ2n) is 7.72. The number of amides is 1. The van der Waals surface area contributed by atoms with E-state index in [1.165, 1.54) is 12.8 Å². The first-order valence-corrected chi connectivity index (χ1v) is 9.76. The predicted octanol–water partition coefficient (Wildman–Crippen LogP) is 1.55. The minimum atomic E-state index is -0.0842. The molecule has 0 bridgehead atoms. The van der Waals surface area contributed by atoms with Gasteiger partial charge in [0.05, 0.1) is 12.1 Å². The van der Waals surface area contributed by atoms with Crippen LogP contribution in [0.4, 0.5) is 0 Å². The van der Waals surface area contributed by atoms with Crippen LogP contribution in [-0.2, 0) is 9.53 Å². The third kappa shape index (κ3) is 4.03. The van der Waals surface area contributed by atoms with Crippen molar-refractivity contribution in [2.75, 3.05) is 26.2 Å². The first kappa shape index (κ1) is 17.0. The lowest BCUT2D eigenvalue weighted by molar-refractivity contribution is -0.126. The topological polar surface area (TPSA) is 83.1 Å². The van der Waals surface area contributed by atoms with E-state index in [9.17, 15) is 4.79 Å². The van der Waals surface area contributed by atoms with Crippen LogP contribution < -0.4 is 5.32 Å². The van der Waals surface area contributed by atoms with Gasteiger partial charge < -0.3 is 10.1 Å². The fourth-order valence-corrected chi connectivity index (χ4v) is 3.89. The van der Waals surface area contributed by atoms with E-state index < -0.39 is 0 Å². The lowest BCUT2D eigenvalue weighted by Crippen LogP contribution is -2.49. The number of H-pyrrole nitrogens is 1. The number of hydrogen-bond acceptors (Lipinski definition) is 5. The molecule has 7 nitrogen and oxygen atoms in total. The number of ether oxygens (including phenoxy) is 1. The Morgan fingerprint density at radius 1 is 1.28 bits per heavy atom. The number of carbonyl (C=O) groups is 1. The van der Waals surface area contributed by atoms with Gasteiger partial charge in [-0.05, 0) is 58.5 Å². The zero-order valence-corrected chi connectivity index (χ0v) is 15.0. The Morgan fingerprint density at radius 3 is 2.76 bits per heavy atom. The van der Waals surface area contributed by atoms with Crippen LogP contribution in [0.15, 0.2) is 0 Å². The summed E-state index contributed by atoms with van der Waals surface area (Å²) in [4.78, 5) is 19.4. The van der Waals surface area contributed by atoms with Crippen molar-refractivity contribution in [1.82, 2.24) is 25.4 Å². The molecule has 0 unspecified atom stereocenters. The summed E-state index contributed by atoms with van der Waals surface area (Å²) in [5.41, 5.74) is 0. The summed E-state index contributed by atoms with van der Waals surface area (Å²) in [5.74, 6) is 3.19. The molecule has 3 aliphatic rings. The maximum atomic E-state index is 12.4. The molecule has 0 radical (unpaired) electrons. The number of piperidine rings is 1. The van der Waals surface area contributed by atoms with E-state index in [0.29, 0.717) is 18.4 Å². The summed E-state index contributed by atoms with van der Waals surface area (Å²) in [6, 6.07) is -0.0842. The fraction of sp³-hybridized carbons (Fsp3) is 0.833. The number of nitrogens with one attached hydrogen (secondary N) is 2. The molecular weight excluding hydrogens is 318 g/mol. The molecule has 1 amide bonds. The van der Waals surface area contributed by atoms with Gasteiger partial charge >= 0.3 is 0 Å². The van der Waals surface area contributed by atoms with Crippen LogP contribution in [0.3, 0.4) is 0 Å². The lowest BCUT2D eigenvalue weighted by atomic mass is 9.95. The van der Waals surface area contributed by atoms with Gasteiger partial charge in [0.1, 0.15) is 5.82 Å². The van der Waals surface area contributed by atoms with Gasteiger partial charge in [-0.3, -0.25) is 14.8 Å². The molecule has 0 spiro atoms. The Kier molecular flexibility index (Phi) is 5.03. The average molecular weight is 347 g/mol. The Balaban J connectivity index is 1.23. The minimum absolute atomic E-state index is 0.0842. The van der Waals surface area contributed by atoms with E-state index >= 15 is 0 Å². The largest absolute Gasteiger partial charge is 0.376 e. The highest BCUT2D eigenvalue weighted by molar-refractivity contribution is 5.81. The fourth-order valence-electron chi connectivity index (χ4n) is 3.89. The van der Waals surface area contributed by atoms with Crippen LogP contribution in [0.2, 0.25) is 0 Å². The summed E-state index contributed by atoms with van der Waals surface area (Å²) in [6.07, 6.45) is 6.88. The number of carbonyl (C=O) groups excluding carboxylic acids is 1. The standard InChI is InChI=1S/C18H29N5O2/c1-12(18(24)19-11-15-3-2-10-25-15)23-8-6-14(7-9-23)17-20-16(21-22-17)13-4-5-13/h12-15H,2-11H2,1H3,(H,19,24)(H,20,21,22)/t12-,15-/m1/s1. The average Bonchev–Trinajstić information content (AvgIpc) is 3.15. The summed E-state index contributed by atoms with van der Waals surface area (Å²) in [5, 5.41) is 10.6. The molecular formula is C18H29N5O2. The Hall–Kier alpha value is -1.47. The second kappa shape index (κ2) is 7.41. The van der Waals surface area contributed by atoms with Crippen molar-refractivity contribution < 1.29 is 9.53 Å². The van der Waals surface area contributed by atoms with E-state index in [-0.39, 0.29) is 18.1 Å². The van der Waals surface area contributed by atoms with Crippen LogP contribution in [-0.4, -0.2) is 64.4 Å². The van der Waals surface area contributed by atoms with Crippen molar-refractivity contribution in [3.8, 4) is 0 Å². The molecule has 1 aliphatic carbocycles. The van der Waals surface area contributed by atoms with Gasteiger partial charge in [-0.1, -0.05) is 0 Å². The maximum Gasteiger partial charge on any atom is 0.237 e. The highest BCUT2D eigenvalue weighted by Crippen LogP contribution is 2.38. The smallest absolute Gasteiger partial charge is 0.237 e. The third-order valence-electron chi connectivity index (χ3n) is 5.83. The predicted molar refractivity (Wildman–Crippen MR) is 93.4 cm³/mol. The molecule has 2 atom stereocenters.